The minimum absolute atomic E-state index is 0.0561. The molecule has 0 spiro atoms. The van der Waals surface area contributed by atoms with Crippen LogP contribution in [0.5, 0.6) is 0 Å². The van der Waals surface area contributed by atoms with Crippen molar-refractivity contribution in [3.63, 3.8) is 0 Å². The van der Waals surface area contributed by atoms with Crippen LogP contribution in [0.25, 0.3) is 0 Å². The Hall–Kier alpha value is -1.66. The zero-order valence-corrected chi connectivity index (χ0v) is 12.7. The largest absolute Gasteiger partial charge is 0.380 e. The molecular weight excluding hydrogens is 288 g/mol. The van der Waals surface area contributed by atoms with Gasteiger partial charge in [-0.25, -0.2) is 8.42 Å². The van der Waals surface area contributed by atoms with E-state index < -0.39 is 15.4 Å². The Morgan fingerprint density at radius 3 is 2.90 bits per heavy atom. The van der Waals surface area contributed by atoms with Crippen molar-refractivity contribution in [2.75, 3.05) is 5.75 Å². The van der Waals surface area contributed by atoms with Gasteiger partial charge in [-0.1, -0.05) is 25.1 Å². The molecule has 0 radical (unpaired) electrons. The summed E-state index contributed by atoms with van der Waals surface area (Å²) < 4.78 is 26.1. The van der Waals surface area contributed by atoms with Gasteiger partial charge < -0.3 is 5.11 Å². The van der Waals surface area contributed by atoms with Crippen LogP contribution in [0.15, 0.2) is 41.6 Å². The number of aryl methyl sites for hydroxylation is 1. The number of hydrogen-bond acceptors (Lipinski definition) is 4. The standard InChI is InChI=1S/C15H18N2O3S/c1-2-8-17-11-12(10-16-17)15(18)7-9-21(19,20)14-6-4-3-5-13(14)15/h3-6,10-11,18H,2,7-9H2,1H3. The predicted molar refractivity (Wildman–Crippen MR) is 78.6 cm³/mol. The van der Waals surface area contributed by atoms with Crippen LogP contribution in [-0.4, -0.2) is 29.1 Å². The van der Waals surface area contributed by atoms with E-state index in [9.17, 15) is 13.5 Å². The quantitative estimate of drug-likeness (QED) is 0.937. The lowest BCUT2D eigenvalue weighted by Gasteiger charge is -2.33. The molecule has 1 aliphatic rings. The highest BCUT2D eigenvalue weighted by atomic mass is 32.2. The molecule has 21 heavy (non-hydrogen) atoms. The molecule has 2 aromatic rings. The summed E-state index contributed by atoms with van der Waals surface area (Å²) in [6, 6.07) is 6.68. The third-order valence-corrected chi connectivity index (χ3v) is 5.73. The molecule has 1 unspecified atom stereocenters. The lowest BCUT2D eigenvalue weighted by molar-refractivity contribution is 0.0716. The first-order valence-corrected chi connectivity index (χ1v) is 8.70. The van der Waals surface area contributed by atoms with Crippen LogP contribution in [0.2, 0.25) is 0 Å². The predicted octanol–water partition coefficient (Wildman–Crippen LogP) is 1.71. The molecule has 1 atom stereocenters. The monoisotopic (exact) mass is 306 g/mol. The van der Waals surface area contributed by atoms with Crippen molar-refractivity contribution in [3.8, 4) is 0 Å². The minimum atomic E-state index is -3.31. The van der Waals surface area contributed by atoms with E-state index >= 15 is 0 Å². The van der Waals surface area contributed by atoms with Crippen molar-refractivity contribution in [2.45, 2.75) is 36.8 Å². The van der Waals surface area contributed by atoms with E-state index in [2.05, 4.69) is 12.0 Å². The first kappa shape index (κ1) is 14.3. The van der Waals surface area contributed by atoms with Crippen LogP contribution in [0.4, 0.5) is 0 Å². The Labute approximate surface area is 124 Å². The molecule has 0 aliphatic carbocycles. The average molecular weight is 306 g/mol. The summed E-state index contributed by atoms with van der Waals surface area (Å²) in [6.07, 6.45) is 4.54. The van der Waals surface area contributed by atoms with Crippen LogP contribution in [0.1, 0.15) is 30.9 Å². The molecule has 0 saturated carbocycles. The number of hydrogen-bond donors (Lipinski definition) is 1. The molecule has 112 valence electrons. The summed E-state index contributed by atoms with van der Waals surface area (Å²) in [7, 11) is -3.31. The molecule has 1 aliphatic heterocycles. The SMILES string of the molecule is CCCn1cc(C2(O)CCS(=O)(=O)c3ccccc32)cn1. The van der Waals surface area contributed by atoms with Crippen molar-refractivity contribution >= 4 is 9.84 Å². The van der Waals surface area contributed by atoms with Gasteiger partial charge in [0, 0.05) is 23.9 Å². The molecule has 0 saturated heterocycles. The van der Waals surface area contributed by atoms with Crippen LogP contribution in [0.3, 0.4) is 0 Å². The summed E-state index contributed by atoms with van der Waals surface area (Å²) in [6.45, 7) is 2.83. The smallest absolute Gasteiger partial charge is 0.178 e. The summed E-state index contributed by atoms with van der Waals surface area (Å²) >= 11 is 0. The van der Waals surface area contributed by atoms with Gasteiger partial charge in [-0.05, 0) is 18.9 Å². The number of benzene rings is 1. The Balaban J connectivity index is 2.13. The van der Waals surface area contributed by atoms with Crippen LogP contribution >= 0.6 is 0 Å². The molecule has 1 aromatic heterocycles. The lowest BCUT2D eigenvalue weighted by Crippen LogP contribution is -2.36. The first-order chi connectivity index (χ1) is 9.97. The van der Waals surface area contributed by atoms with E-state index in [-0.39, 0.29) is 17.1 Å². The number of nitrogens with zero attached hydrogens (tertiary/aromatic N) is 2. The van der Waals surface area contributed by atoms with Gasteiger partial charge in [0.05, 0.1) is 16.8 Å². The summed E-state index contributed by atoms with van der Waals surface area (Å²) in [5, 5.41) is 15.3. The Morgan fingerprint density at radius 2 is 2.14 bits per heavy atom. The van der Waals surface area contributed by atoms with Crippen molar-refractivity contribution < 1.29 is 13.5 Å². The highest BCUT2D eigenvalue weighted by molar-refractivity contribution is 7.91. The molecule has 3 rings (SSSR count). The lowest BCUT2D eigenvalue weighted by atomic mass is 9.85. The first-order valence-electron chi connectivity index (χ1n) is 7.05. The van der Waals surface area contributed by atoms with Crippen molar-refractivity contribution in [3.05, 3.63) is 47.8 Å². The highest BCUT2D eigenvalue weighted by Crippen LogP contribution is 2.41. The number of sulfone groups is 1. The molecule has 1 aromatic carbocycles. The Kier molecular flexibility index (Phi) is 3.37. The van der Waals surface area contributed by atoms with Crippen molar-refractivity contribution in [2.24, 2.45) is 0 Å². The van der Waals surface area contributed by atoms with E-state index in [0.717, 1.165) is 13.0 Å². The highest BCUT2D eigenvalue weighted by Gasteiger charge is 2.42. The van der Waals surface area contributed by atoms with Gasteiger partial charge >= 0.3 is 0 Å². The number of fused-ring (bicyclic) bond motifs is 1. The molecule has 0 bridgehead atoms. The fraction of sp³-hybridized carbons (Fsp3) is 0.400. The molecular formula is C15H18N2O3S. The zero-order valence-electron chi connectivity index (χ0n) is 11.9. The third-order valence-electron chi connectivity index (χ3n) is 3.96. The maximum Gasteiger partial charge on any atom is 0.178 e. The van der Waals surface area contributed by atoms with Crippen LogP contribution < -0.4 is 0 Å². The van der Waals surface area contributed by atoms with Crippen LogP contribution in [0, 0.1) is 0 Å². The second-order valence-corrected chi connectivity index (χ2v) is 7.49. The zero-order chi connectivity index (χ0) is 15.1. The molecule has 1 N–H and O–H groups in total. The van der Waals surface area contributed by atoms with Gasteiger partial charge in [0.2, 0.25) is 0 Å². The maximum atomic E-state index is 12.2. The van der Waals surface area contributed by atoms with Crippen molar-refractivity contribution in [1.29, 1.82) is 0 Å². The molecule has 6 heteroatoms. The summed E-state index contributed by atoms with van der Waals surface area (Å²) in [4.78, 5) is 0.224. The normalized spacial score (nSPS) is 23.7. The third kappa shape index (κ3) is 2.28. The van der Waals surface area contributed by atoms with Gasteiger partial charge in [-0.15, -0.1) is 0 Å². The van der Waals surface area contributed by atoms with Gasteiger partial charge in [0.15, 0.2) is 9.84 Å². The van der Waals surface area contributed by atoms with E-state index in [0.29, 0.717) is 11.1 Å². The molecule has 0 fully saturated rings. The summed E-state index contributed by atoms with van der Waals surface area (Å²) in [5.41, 5.74) is -0.181. The topological polar surface area (TPSA) is 72.2 Å². The Bertz CT molecular complexity index is 767. The van der Waals surface area contributed by atoms with E-state index in [4.69, 9.17) is 0 Å². The summed E-state index contributed by atoms with van der Waals surface area (Å²) in [5.74, 6) is -0.0561. The fourth-order valence-corrected chi connectivity index (χ4v) is 4.48. The van der Waals surface area contributed by atoms with Gasteiger partial charge in [0.1, 0.15) is 5.60 Å². The van der Waals surface area contributed by atoms with E-state index in [1.54, 1.807) is 41.3 Å². The van der Waals surface area contributed by atoms with E-state index in [1.165, 1.54) is 0 Å². The van der Waals surface area contributed by atoms with Gasteiger partial charge in [-0.2, -0.15) is 5.10 Å². The van der Waals surface area contributed by atoms with Crippen molar-refractivity contribution in [1.82, 2.24) is 9.78 Å². The van der Waals surface area contributed by atoms with Crippen LogP contribution in [-0.2, 0) is 22.0 Å². The average Bonchev–Trinajstić information content (AvgIpc) is 2.94. The molecule has 5 nitrogen and oxygen atoms in total. The molecule has 2 heterocycles. The number of rotatable bonds is 3. The molecule has 0 amide bonds. The fourth-order valence-electron chi connectivity index (χ4n) is 2.83. The number of aromatic nitrogens is 2. The Morgan fingerprint density at radius 1 is 1.38 bits per heavy atom. The van der Waals surface area contributed by atoms with E-state index in [1.807, 2.05) is 0 Å². The van der Waals surface area contributed by atoms with Gasteiger partial charge in [-0.3, -0.25) is 4.68 Å². The maximum absolute atomic E-state index is 12.2. The number of aliphatic hydroxyl groups is 1. The second kappa shape index (κ2) is 4.96. The second-order valence-electron chi connectivity index (χ2n) is 5.42. The van der Waals surface area contributed by atoms with Gasteiger partial charge in [0.25, 0.3) is 0 Å². The minimum Gasteiger partial charge on any atom is -0.380 e.